The summed E-state index contributed by atoms with van der Waals surface area (Å²) in [6.45, 7) is 1.43. The van der Waals surface area contributed by atoms with E-state index >= 15 is 0 Å². The van der Waals surface area contributed by atoms with Crippen LogP contribution in [0.1, 0.15) is 10.4 Å². The van der Waals surface area contributed by atoms with Gasteiger partial charge in [0.1, 0.15) is 17.9 Å². The molecule has 0 saturated heterocycles. The summed E-state index contributed by atoms with van der Waals surface area (Å²) < 4.78 is 2.41. The molecule has 1 atom stereocenters. The zero-order valence-electron chi connectivity index (χ0n) is 14.6. The molecule has 2 aromatic heterocycles. The summed E-state index contributed by atoms with van der Waals surface area (Å²) in [6, 6.07) is 6.46. The summed E-state index contributed by atoms with van der Waals surface area (Å²) in [5.41, 5.74) is 5.82. The van der Waals surface area contributed by atoms with Crippen LogP contribution >= 0.6 is 22.9 Å². The highest BCUT2D eigenvalue weighted by molar-refractivity contribution is 7.18. The molecule has 1 aromatic carbocycles. The van der Waals surface area contributed by atoms with Gasteiger partial charge in [-0.2, -0.15) is 0 Å². The average Bonchev–Trinajstić information content (AvgIpc) is 2.98. The molecule has 0 spiro atoms. The van der Waals surface area contributed by atoms with E-state index in [1.807, 2.05) is 0 Å². The van der Waals surface area contributed by atoms with E-state index in [1.54, 1.807) is 24.3 Å². The molecule has 7 nitrogen and oxygen atoms in total. The van der Waals surface area contributed by atoms with Crippen molar-refractivity contribution in [1.82, 2.24) is 9.13 Å². The topological polar surface area (TPSA) is 91.5 Å². The van der Waals surface area contributed by atoms with Gasteiger partial charge in [0, 0.05) is 11.4 Å². The highest BCUT2D eigenvalue weighted by Crippen LogP contribution is 2.30. The van der Waals surface area contributed by atoms with Crippen molar-refractivity contribution in [1.29, 1.82) is 0 Å². The number of halogens is 1. The third-order valence-electron chi connectivity index (χ3n) is 4.82. The minimum atomic E-state index is -0.631. The number of thiophene rings is 1. The molecule has 1 aliphatic heterocycles. The third kappa shape index (κ3) is 2.99. The van der Waals surface area contributed by atoms with Crippen LogP contribution in [-0.4, -0.2) is 28.6 Å². The van der Waals surface area contributed by atoms with Crippen molar-refractivity contribution in [2.24, 2.45) is 5.73 Å². The van der Waals surface area contributed by atoms with Crippen molar-refractivity contribution >= 4 is 39.1 Å². The Morgan fingerprint density at radius 2 is 2.00 bits per heavy atom. The van der Waals surface area contributed by atoms with E-state index in [1.165, 1.54) is 20.8 Å². The van der Waals surface area contributed by atoms with Crippen LogP contribution in [0.4, 0.5) is 0 Å². The van der Waals surface area contributed by atoms with Crippen LogP contribution in [0.3, 0.4) is 0 Å². The second kappa shape index (κ2) is 6.63. The number of hydrogen-bond acceptors (Lipinski definition) is 4. The minimum absolute atomic E-state index is 0.273. The number of nitrogens with one attached hydrogen (secondary N) is 1. The fourth-order valence-electron chi connectivity index (χ4n) is 3.54. The molecule has 1 amide bonds. The summed E-state index contributed by atoms with van der Waals surface area (Å²) in [5, 5.41) is 1.02. The van der Waals surface area contributed by atoms with Crippen LogP contribution in [0.5, 0.6) is 0 Å². The van der Waals surface area contributed by atoms with E-state index in [0.29, 0.717) is 20.9 Å². The average molecular weight is 406 g/mol. The van der Waals surface area contributed by atoms with E-state index in [0.717, 1.165) is 34.5 Å². The van der Waals surface area contributed by atoms with Gasteiger partial charge >= 0.3 is 5.69 Å². The van der Waals surface area contributed by atoms with Crippen molar-refractivity contribution in [2.75, 3.05) is 13.6 Å². The Hall–Kier alpha value is -2.42. The van der Waals surface area contributed by atoms with Gasteiger partial charge in [0.15, 0.2) is 0 Å². The normalized spacial score (nSPS) is 16.4. The van der Waals surface area contributed by atoms with Gasteiger partial charge in [-0.1, -0.05) is 11.6 Å². The fraction of sp³-hybridized carbons (Fsp3) is 0.278. The second-order valence-electron chi connectivity index (χ2n) is 6.77. The largest absolute Gasteiger partial charge is 0.368 e. The Morgan fingerprint density at radius 1 is 1.30 bits per heavy atom. The van der Waals surface area contributed by atoms with Crippen LogP contribution in [0.2, 0.25) is 5.02 Å². The van der Waals surface area contributed by atoms with E-state index in [4.69, 9.17) is 17.3 Å². The van der Waals surface area contributed by atoms with Crippen LogP contribution in [0.25, 0.3) is 15.9 Å². The van der Waals surface area contributed by atoms with Crippen molar-refractivity contribution in [3.63, 3.8) is 0 Å². The van der Waals surface area contributed by atoms with Gasteiger partial charge in [-0.25, -0.2) is 9.36 Å². The number of amides is 1. The molecular weight excluding hydrogens is 388 g/mol. The SMILES string of the molecule is C[NH+]1CCc2c(sc3c2c(=O)n(-c2ccc(Cl)cc2)c(=O)n3CC(N)=O)C1. The highest BCUT2D eigenvalue weighted by Gasteiger charge is 2.27. The predicted octanol–water partition coefficient (Wildman–Crippen LogP) is -0.0766. The molecule has 27 heavy (non-hydrogen) atoms. The molecule has 1 aliphatic rings. The number of nitrogens with zero attached hydrogens (tertiary/aromatic N) is 2. The summed E-state index contributed by atoms with van der Waals surface area (Å²) >= 11 is 7.34. The zero-order chi connectivity index (χ0) is 19.3. The van der Waals surface area contributed by atoms with Gasteiger partial charge in [0.25, 0.3) is 5.56 Å². The molecular formula is C18H18ClN4O3S+. The van der Waals surface area contributed by atoms with Gasteiger partial charge in [-0.05, 0) is 29.8 Å². The highest BCUT2D eigenvalue weighted by atomic mass is 35.5. The second-order valence-corrected chi connectivity index (χ2v) is 8.29. The first-order valence-electron chi connectivity index (χ1n) is 8.52. The molecule has 140 valence electrons. The van der Waals surface area contributed by atoms with E-state index in [9.17, 15) is 14.4 Å². The number of rotatable bonds is 3. The van der Waals surface area contributed by atoms with E-state index in [-0.39, 0.29) is 12.1 Å². The molecule has 3 heterocycles. The van der Waals surface area contributed by atoms with Gasteiger partial charge in [0.2, 0.25) is 5.91 Å². The predicted molar refractivity (Wildman–Crippen MR) is 105 cm³/mol. The maximum atomic E-state index is 13.3. The zero-order valence-corrected chi connectivity index (χ0v) is 16.2. The standard InChI is InChI=1S/C18H17ClN4O3S/c1-21-7-6-12-13(8-21)27-17-15(12)16(25)23(11-4-2-10(19)3-5-11)18(26)22(17)9-14(20)24/h2-5H,6-9H2,1H3,(H2,20,24)/p+1. The summed E-state index contributed by atoms with van der Waals surface area (Å²) in [6.07, 6.45) is 0.756. The number of fused-ring (bicyclic) bond motifs is 3. The Labute approximate surface area is 163 Å². The summed E-state index contributed by atoms with van der Waals surface area (Å²) in [5.74, 6) is -0.631. The molecule has 3 aromatic rings. The Morgan fingerprint density at radius 3 is 2.67 bits per heavy atom. The Bertz CT molecular complexity index is 1180. The molecule has 3 N–H and O–H groups in total. The first-order chi connectivity index (χ1) is 12.9. The number of nitrogens with two attached hydrogens (primary N) is 1. The number of aromatic nitrogens is 2. The van der Waals surface area contributed by atoms with Crippen molar-refractivity contribution in [2.45, 2.75) is 19.5 Å². The Kier molecular flexibility index (Phi) is 4.41. The number of benzene rings is 1. The fourth-order valence-corrected chi connectivity index (χ4v) is 5.11. The number of primary amides is 1. The molecule has 9 heteroatoms. The molecule has 0 fully saturated rings. The third-order valence-corrected chi connectivity index (χ3v) is 6.33. The molecule has 0 aliphatic carbocycles. The first-order valence-corrected chi connectivity index (χ1v) is 9.72. The number of likely N-dealkylation sites (N-methyl/N-ethyl adjacent to an activating group) is 1. The van der Waals surface area contributed by atoms with Crippen LogP contribution < -0.4 is 21.9 Å². The molecule has 0 radical (unpaired) electrons. The lowest BCUT2D eigenvalue weighted by Crippen LogP contribution is -3.08. The van der Waals surface area contributed by atoms with E-state index < -0.39 is 11.6 Å². The smallest absolute Gasteiger partial charge is 0.337 e. The molecule has 1 unspecified atom stereocenters. The maximum absolute atomic E-state index is 13.3. The lowest BCUT2D eigenvalue weighted by molar-refractivity contribution is -0.895. The van der Waals surface area contributed by atoms with Crippen molar-refractivity contribution in [3.8, 4) is 5.69 Å². The quantitative estimate of drug-likeness (QED) is 0.638. The monoisotopic (exact) mass is 405 g/mol. The maximum Gasteiger partial charge on any atom is 0.337 e. The Balaban J connectivity index is 2.10. The van der Waals surface area contributed by atoms with Crippen LogP contribution in [-0.2, 0) is 24.3 Å². The number of carbonyl (C=O) groups is 1. The van der Waals surface area contributed by atoms with Crippen molar-refractivity contribution in [3.05, 3.63) is 60.6 Å². The lowest BCUT2D eigenvalue weighted by Gasteiger charge is -2.19. The number of carbonyl (C=O) groups excluding carboxylic acids is 1. The van der Waals surface area contributed by atoms with Gasteiger partial charge in [-0.15, -0.1) is 11.3 Å². The van der Waals surface area contributed by atoms with E-state index in [2.05, 4.69) is 7.05 Å². The molecule has 4 rings (SSSR count). The number of hydrogen-bond donors (Lipinski definition) is 2. The number of quaternary nitrogens is 1. The molecule has 0 bridgehead atoms. The summed E-state index contributed by atoms with van der Waals surface area (Å²) in [4.78, 5) is 40.9. The van der Waals surface area contributed by atoms with Crippen molar-refractivity contribution < 1.29 is 9.69 Å². The van der Waals surface area contributed by atoms with Gasteiger partial charge in [0.05, 0.1) is 29.5 Å². The first kappa shape index (κ1) is 18.0. The lowest BCUT2D eigenvalue weighted by atomic mass is 10.1. The summed E-state index contributed by atoms with van der Waals surface area (Å²) in [7, 11) is 2.09. The van der Waals surface area contributed by atoms with Gasteiger partial charge < -0.3 is 10.6 Å². The van der Waals surface area contributed by atoms with Gasteiger partial charge in [-0.3, -0.25) is 14.2 Å². The van der Waals surface area contributed by atoms with Crippen LogP contribution in [0, 0.1) is 0 Å². The minimum Gasteiger partial charge on any atom is -0.368 e. The molecule has 0 saturated carbocycles. The van der Waals surface area contributed by atoms with Crippen LogP contribution in [0.15, 0.2) is 33.9 Å².